The lowest BCUT2D eigenvalue weighted by atomic mass is 10.2. The predicted molar refractivity (Wildman–Crippen MR) is 75.1 cm³/mol. The molecule has 0 heterocycles. The number of rotatable bonds is 4. The largest absolute Gasteiger partial charge is 0.395 e. The minimum absolute atomic E-state index is 0.216. The van der Waals surface area contributed by atoms with Crippen LogP contribution in [-0.2, 0) is 10.2 Å². The molecule has 9 heteroatoms. The Bertz CT molecular complexity index is 634. The number of nitrogens with zero attached hydrogens (tertiary/aromatic N) is 1. The number of nitrogen functional groups attached to an aromatic ring is 1. The molecule has 0 aliphatic rings. The number of nitrogens with one attached hydrogen (secondary N) is 1. The highest BCUT2D eigenvalue weighted by atomic mass is 35.5. The Kier molecular flexibility index (Phi) is 4.95. The molecule has 0 spiro atoms. The topological polar surface area (TPSA) is 92.5 Å². The molecule has 0 aliphatic heterocycles. The number of benzene rings is 1. The van der Waals surface area contributed by atoms with E-state index in [1.807, 2.05) is 4.72 Å². The van der Waals surface area contributed by atoms with E-state index in [9.17, 15) is 17.6 Å². The molecule has 20 heavy (non-hydrogen) atoms. The summed E-state index contributed by atoms with van der Waals surface area (Å²) in [5, 5.41) is -0.329. The minimum atomic E-state index is -4.01. The van der Waals surface area contributed by atoms with Crippen molar-refractivity contribution in [2.24, 2.45) is 0 Å². The molecule has 1 aromatic rings. The maximum absolute atomic E-state index is 13.1. The number of halogens is 2. The molecular formula is C11H15ClFN3O3S. The molecule has 0 bridgehead atoms. The summed E-state index contributed by atoms with van der Waals surface area (Å²) in [7, 11) is -2.69. The fourth-order valence-electron chi connectivity index (χ4n) is 1.27. The van der Waals surface area contributed by atoms with E-state index in [1.54, 1.807) is 13.8 Å². The Labute approximate surface area is 121 Å². The molecule has 0 unspecified atom stereocenters. The highest BCUT2D eigenvalue weighted by molar-refractivity contribution is 7.87. The predicted octanol–water partition coefficient (Wildman–Crippen LogP) is 1.38. The van der Waals surface area contributed by atoms with Gasteiger partial charge in [0, 0.05) is 13.1 Å². The highest BCUT2D eigenvalue weighted by Crippen LogP contribution is 2.26. The van der Waals surface area contributed by atoms with Crippen LogP contribution in [0, 0.1) is 5.82 Å². The summed E-state index contributed by atoms with van der Waals surface area (Å²) in [5.74, 6) is -1.76. The Morgan fingerprint density at radius 3 is 2.50 bits per heavy atom. The average Bonchev–Trinajstić information content (AvgIpc) is 2.34. The van der Waals surface area contributed by atoms with Gasteiger partial charge in [0.25, 0.3) is 5.91 Å². The van der Waals surface area contributed by atoms with Crippen LogP contribution in [0.5, 0.6) is 0 Å². The van der Waals surface area contributed by atoms with Crippen LogP contribution in [0.25, 0.3) is 0 Å². The zero-order chi connectivity index (χ0) is 15.7. The second kappa shape index (κ2) is 5.94. The van der Waals surface area contributed by atoms with Gasteiger partial charge in [0.1, 0.15) is 5.82 Å². The van der Waals surface area contributed by atoms with E-state index in [1.165, 1.54) is 7.05 Å². The maximum Gasteiger partial charge on any atom is 0.304 e. The molecule has 0 aliphatic carbocycles. The van der Waals surface area contributed by atoms with Crippen molar-refractivity contribution in [2.45, 2.75) is 19.9 Å². The molecule has 1 amide bonds. The average molecular weight is 324 g/mol. The molecule has 1 aromatic carbocycles. The molecular weight excluding hydrogens is 309 g/mol. The van der Waals surface area contributed by atoms with E-state index in [4.69, 9.17) is 17.3 Å². The van der Waals surface area contributed by atoms with Gasteiger partial charge in [-0.05, 0) is 26.0 Å². The number of anilines is 1. The summed E-state index contributed by atoms with van der Waals surface area (Å²) in [6, 6.07) is 1.66. The van der Waals surface area contributed by atoms with Gasteiger partial charge < -0.3 is 5.73 Å². The van der Waals surface area contributed by atoms with E-state index < -0.39 is 27.6 Å². The third-order valence-corrected chi connectivity index (χ3v) is 4.73. The fourth-order valence-corrected chi connectivity index (χ4v) is 2.55. The first kappa shape index (κ1) is 16.7. The van der Waals surface area contributed by atoms with Crippen molar-refractivity contribution in [3.63, 3.8) is 0 Å². The number of nitrogens with two attached hydrogens (primary N) is 1. The smallest absolute Gasteiger partial charge is 0.304 e. The first-order valence-corrected chi connectivity index (χ1v) is 7.43. The molecule has 0 saturated heterocycles. The third kappa shape index (κ3) is 3.38. The molecule has 1 rings (SSSR count). The second-order valence-corrected chi connectivity index (χ2v) is 6.48. The summed E-state index contributed by atoms with van der Waals surface area (Å²) >= 11 is 5.73. The van der Waals surface area contributed by atoms with Gasteiger partial charge in [-0.2, -0.15) is 12.7 Å². The van der Waals surface area contributed by atoms with Gasteiger partial charge in [0.15, 0.2) is 0 Å². The molecule has 0 aromatic heterocycles. The van der Waals surface area contributed by atoms with E-state index in [0.717, 1.165) is 16.4 Å². The molecule has 0 radical (unpaired) electrons. The van der Waals surface area contributed by atoms with Gasteiger partial charge in [-0.3, -0.25) is 4.79 Å². The molecule has 112 valence electrons. The lowest BCUT2D eigenvalue weighted by molar-refractivity contribution is 0.0979. The number of hydrogen-bond acceptors (Lipinski definition) is 4. The quantitative estimate of drug-likeness (QED) is 0.819. The first-order chi connectivity index (χ1) is 9.08. The molecule has 3 N–H and O–H groups in total. The minimum Gasteiger partial charge on any atom is -0.395 e. The van der Waals surface area contributed by atoms with E-state index in [2.05, 4.69) is 0 Å². The van der Waals surface area contributed by atoms with Crippen LogP contribution in [0.15, 0.2) is 12.1 Å². The van der Waals surface area contributed by atoms with Crippen molar-refractivity contribution in [3.8, 4) is 0 Å². The summed E-state index contributed by atoms with van der Waals surface area (Å²) in [5.41, 5.74) is 4.72. The summed E-state index contributed by atoms with van der Waals surface area (Å²) in [6.07, 6.45) is 0. The van der Waals surface area contributed by atoms with Crippen molar-refractivity contribution in [3.05, 3.63) is 28.5 Å². The standard InChI is InChI=1S/C11H15ClFN3O3S/c1-6(2)16(3)20(18,19)15-11(17)7-4-5-8(13)10(14)9(7)12/h4-6H,14H2,1-3H3,(H,15,17). The summed E-state index contributed by atoms with van der Waals surface area (Å²) < 4.78 is 39.7. The van der Waals surface area contributed by atoms with Gasteiger partial charge in [-0.25, -0.2) is 9.11 Å². The van der Waals surface area contributed by atoms with Crippen molar-refractivity contribution in [2.75, 3.05) is 12.8 Å². The first-order valence-electron chi connectivity index (χ1n) is 5.61. The lowest BCUT2D eigenvalue weighted by Crippen LogP contribution is -2.44. The van der Waals surface area contributed by atoms with Crippen LogP contribution < -0.4 is 10.5 Å². The van der Waals surface area contributed by atoms with Crippen LogP contribution >= 0.6 is 11.6 Å². The Hall–Kier alpha value is -1.38. The zero-order valence-electron chi connectivity index (χ0n) is 11.1. The summed E-state index contributed by atoms with van der Waals surface area (Å²) in [6.45, 7) is 3.29. The van der Waals surface area contributed by atoms with Gasteiger partial charge in [0.05, 0.1) is 16.3 Å². The molecule has 0 fully saturated rings. The highest BCUT2D eigenvalue weighted by Gasteiger charge is 2.25. The Balaban J connectivity index is 3.07. The molecule has 6 nitrogen and oxygen atoms in total. The van der Waals surface area contributed by atoms with Crippen molar-refractivity contribution >= 4 is 33.4 Å². The monoisotopic (exact) mass is 323 g/mol. The zero-order valence-corrected chi connectivity index (χ0v) is 12.7. The van der Waals surface area contributed by atoms with Crippen molar-refractivity contribution < 1.29 is 17.6 Å². The SMILES string of the molecule is CC(C)N(C)S(=O)(=O)NC(=O)c1ccc(F)c(N)c1Cl. The number of hydrogen-bond donors (Lipinski definition) is 2. The van der Waals surface area contributed by atoms with Crippen molar-refractivity contribution in [1.29, 1.82) is 0 Å². The van der Waals surface area contributed by atoms with Crippen LogP contribution in [0.1, 0.15) is 24.2 Å². The van der Waals surface area contributed by atoms with E-state index in [0.29, 0.717) is 0 Å². The summed E-state index contributed by atoms with van der Waals surface area (Å²) in [4.78, 5) is 11.9. The third-order valence-electron chi connectivity index (χ3n) is 2.70. The van der Waals surface area contributed by atoms with Gasteiger partial charge in [-0.15, -0.1) is 0 Å². The van der Waals surface area contributed by atoms with Crippen LogP contribution in [0.3, 0.4) is 0 Å². The van der Waals surface area contributed by atoms with E-state index in [-0.39, 0.29) is 16.6 Å². The van der Waals surface area contributed by atoms with Crippen LogP contribution in [0.2, 0.25) is 5.02 Å². The van der Waals surface area contributed by atoms with Crippen LogP contribution in [0.4, 0.5) is 10.1 Å². The Morgan fingerprint density at radius 2 is 2.00 bits per heavy atom. The van der Waals surface area contributed by atoms with Crippen LogP contribution in [-0.4, -0.2) is 31.7 Å². The number of carbonyl (C=O) groups excluding carboxylic acids is 1. The Morgan fingerprint density at radius 1 is 1.45 bits per heavy atom. The number of carbonyl (C=O) groups is 1. The fraction of sp³-hybridized carbons (Fsp3) is 0.364. The maximum atomic E-state index is 13.1. The number of amides is 1. The molecule has 0 saturated carbocycles. The second-order valence-electron chi connectivity index (χ2n) is 4.37. The van der Waals surface area contributed by atoms with E-state index >= 15 is 0 Å². The van der Waals surface area contributed by atoms with Crippen molar-refractivity contribution in [1.82, 2.24) is 9.03 Å². The molecule has 0 atom stereocenters. The lowest BCUT2D eigenvalue weighted by Gasteiger charge is -2.21. The van der Waals surface area contributed by atoms with Gasteiger partial charge in [-0.1, -0.05) is 11.6 Å². The van der Waals surface area contributed by atoms with Gasteiger partial charge in [0.2, 0.25) is 0 Å². The normalized spacial score (nSPS) is 11.9. The van der Waals surface area contributed by atoms with Gasteiger partial charge >= 0.3 is 10.2 Å².